The van der Waals surface area contributed by atoms with Crippen molar-refractivity contribution in [3.05, 3.63) is 47.0 Å². The van der Waals surface area contributed by atoms with Crippen molar-refractivity contribution in [1.82, 2.24) is 4.90 Å². The molecule has 6 heteroatoms. The number of carbonyl (C=O) groups is 2. The van der Waals surface area contributed by atoms with E-state index in [1.165, 1.54) is 36.2 Å². The van der Waals surface area contributed by atoms with Gasteiger partial charge in [0.15, 0.2) is 5.76 Å². The second-order valence-electron chi connectivity index (χ2n) is 4.35. The molecule has 0 unspecified atom stereocenters. The Morgan fingerprint density at radius 2 is 2.00 bits per heavy atom. The summed E-state index contributed by atoms with van der Waals surface area (Å²) in [4.78, 5) is 24.9. The normalized spacial score (nSPS) is 18.6. The van der Waals surface area contributed by atoms with Crippen molar-refractivity contribution in [3.63, 3.8) is 0 Å². The SMILES string of the molecule is CCOC(=O)C1=C(O)C(=O)N(C)[C@H]1c1ccc(F)cc1. The number of rotatable bonds is 3. The summed E-state index contributed by atoms with van der Waals surface area (Å²) < 4.78 is 17.8. The lowest BCUT2D eigenvalue weighted by Gasteiger charge is -2.22. The Morgan fingerprint density at radius 3 is 2.55 bits per heavy atom. The minimum absolute atomic E-state index is 0.119. The Hall–Kier alpha value is -2.37. The molecule has 106 valence electrons. The van der Waals surface area contributed by atoms with Crippen LogP contribution in [0.2, 0.25) is 0 Å². The van der Waals surface area contributed by atoms with Gasteiger partial charge in [-0.15, -0.1) is 0 Å². The highest BCUT2D eigenvalue weighted by molar-refractivity contribution is 6.06. The third-order valence-electron chi connectivity index (χ3n) is 3.12. The Labute approximate surface area is 115 Å². The number of likely N-dealkylation sites (N-methyl/N-ethyl adjacent to an activating group) is 1. The van der Waals surface area contributed by atoms with Gasteiger partial charge in [0.2, 0.25) is 0 Å². The van der Waals surface area contributed by atoms with Gasteiger partial charge in [0.25, 0.3) is 5.91 Å². The van der Waals surface area contributed by atoms with Gasteiger partial charge in [-0.05, 0) is 24.6 Å². The Bertz CT molecular complexity index is 579. The lowest BCUT2D eigenvalue weighted by molar-refractivity contribution is -0.139. The number of hydrogen-bond donors (Lipinski definition) is 1. The molecule has 0 radical (unpaired) electrons. The van der Waals surface area contributed by atoms with Crippen LogP contribution in [-0.2, 0) is 14.3 Å². The van der Waals surface area contributed by atoms with Crippen LogP contribution in [0.5, 0.6) is 0 Å². The first kappa shape index (κ1) is 14.0. The monoisotopic (exact) mass is 279 g/mol. The van der Waals surface area contributed by atoms with Gasteiger partial charge in [-0.2, -0.15) is 0 Å². The first-order chi connectivity index (χ1) is 9.47. The van der Waals surface area contributed by atoms with Crippen molar-refractivity contribution in [2.75, 3.05) is 13.7 Å². The molecule has 1 atom stereocenters. The highest BCUT2D eigenvalue weighted by atomic mass is 19.1. The van der Waals surface area contributed by atoms with Gasteiger partial charge in [-0.25, -0.2) is 9.18 Å². The highest BCUT2D eigenvalue weighted by Gasteiger charge is 2.42. The maximum absolute atomic E-state index is 13.0. The molecule has 1 aromatic rings. The van der Waals surface area contributed by atoms with Crippen LogP contribution in [0, 0.1) is 5.82 Å². The van der Waals surface area contributed by atoms with E-state index >= 15 is 0 Å². The average molecular weight is 279 g/mol. The number of aliphatic hydroxyl groups excluding tert-OH is 1. The van der Waals surface area contributed by atoms with Crippen LogP contribution in [0.25, 0.3) is 0 Å². The van der Waals surface area contributed by atoms with Gasteiger partial charge in [0.05, 0.1) is 12.6 Å². The third kappa shape index (κ3) is 2.24. The molecule has 0 fully saturated rings. The van der Waals surface area contributed by atoms with Gasteiger partial charge in [-0.1, -0.05) is 12.1 Å². The van der Waals surface area contributed by atoms with Crippen LogP contribution < -0.4 is 0 Å². The smallest absolute Gasteiger partial charge is 0.340 e. The molecule has 5 nitrogen and oxygen atoms in total. The van der Waals surface area contributed by atoms with E-state index in [0.29, 0.717) is 5.56 Å². The fourth-order valence-corrected chi connectivity index (χ4v) is 2.18. The molecule has 1 aliphatic rings. The van der Waals surface area contributed by atoms with Crippen LogP contribution in [0.15, 0.2) is 35.6 Å². The molecule has 1 N–H and O–H groups in total. The number of ether oxygens (including phenoxy) is 1. The van der Waals surface area contributed by atoms with E-state index in [4.69, 9.17) is 4.74 Å². The summed E-state index contributed by atoms with van der Waals surface area (Å²) in [5, 5.41) is 9.82. The summed E-state index contributed by atoms with van der Waals surface area (Å²) in [6.45, 7) is 1.76. The van der Waals surface area contributed by atoms with Gasteiger partial charge < -0.3 is 14.7 Å². The van der Waals surface area contributed by atoms with Gasteiger partial charge in [0, 0.05) is 7.05 Å². The van der Waals surface area contributed by atoms with Crippen LogP contribution in [0.4, 0.5) is 4.39 Å². The number of benzene rings is 1. The molecule has 1 aliphatic heterocycles. The topological polar surface area (TPSA) is 66.8 Å². The number of aliphatic hydroxyl groups is 1. The number of carbonyl (C=O) groups excluding carboxylic acids is 2. The Kier molecular flexibility index (Phi) is 3.74. The summed E-state index contributed by atoms with van der Waals surface area (Å²) in [6, 6.07) is 4.60. The van der Waals surface area contributed by atoms with Crippen LogP contribution >= 0.6 is 0 Å². The number of esters is 1. The second-order valence-corrected chi connectivity index (χ2v) is 4.35. The number of halogens is 1. The number of hydrogen-bond acceptors (Lipinski definition) is 4. The molecule has 0 spiro atoms. The number of amides is 1. The lowest BCUT2D eigenvalue weighted by Crippen LogP contribution is -2.27. The summed E-state index contributed by atoms with van der Waals surface area (Å²) in [7, 11) is 1.46. The zero-order valence-electron chi connectivity index (χ0n) is 11.1. The predicted octanol–water partition coefficient (Wildman–Crippen LogP) is 1.71. The second kappa shape index (κ2) is 5.32. The molecule has 20 heavy (non-hydrogen) atoms. The minimum Gasteiger partial charge on any atom is -0.503 e. The first-order valence-electron chi connectivity index (χ1n) is 6.10. The average Bonchev–Trinajstić information content (AvgIpc) is 2.64. The molecule has 0 bridgehead atoms. The zero-order valence-corrected chi connectivity index (χ0v) is 11.1. The van der Waals surface area contributed by atoms with Crippen molar-refractivity contribution in [1.29, 1.82) is 0 Å². The maximum atomic E-state index is 13.0. The van der Waals surface area contributed by atoms with Crippen molar-refractivity contribution >= 4 is 11.9 Å². The quantitative estimate of drug-likeness (QED) is 0.855. The lowest BCUT2D eigenvalue weighted by atomic mass is 9.99. The van der Waals surface area contributed by atoms with Crippen molar-refractivity contribution in [2.45, 2.75) is 13.0 Å². The van der Waals surface area contributed by atoms with Crippen molar-refractivity contribution in [2.24, 2.45) is 0 Å². The van der Waals surface area contributed by atoms with Gasteiger partial charge in [0.1, 0.15) is 11.4 Å². The Balaban J connectivity index is 2.46. The van der Waals surface area contributed by atoms with E-state index in [1.54, 1.807) is 6.92 Å². The van der Waals surface area contributed by atoms with Crippen LogP contribution in [0.3, 0.4) is 0 Å². The molecule has 1 amide bonds. The van der Waals surface area contributed by atoms with Crippen molar-refractivity contribution < 1.29 is 23.8 Å². The summed E-state index contributed by atoms with van der Waals surface area (Å²) in [5.74, 6) is -2.47. The molecular formula is C14H14FNO4. The standard InChI is InChI=1S/C14H14FNO4/c1-3-20-14(19)10-11(16(2)13(18)12(10)17)8-4-6-9(15)7-5-8/h4-7,11,17H,3H2,1-2H3/t11-/m0/s1. The largest absolute Gasteiger partial charge is 0.503 e. The molecule has 0 saturated carbocycles. The fourth-order valence-electron chi connectivity index (χ4n) is 2.18. The van der Waals surface area contributed by atoms with E-state index < -0.39 is 29.5 Å². The Morgan fingerprint density at radius 1 is 1.40 bits per heavy atom. The zero-order chi connectivity index (χ0) is 14.9. The molecule has 1 heterocycles. The molecule has 0 saturated heterocycles. The fraction of sp³-hybridized carbons (Fsp3) is 0.286. The van der Waals surface area contributed by atoms with E-state index in [2.05, 4.69) is 0 Å². The summed E-state index contributed by atoms with van der Waals surface area (Å²) >= 11 is 0. The number of nitrogens with zero attached hydrogens (tertiary/aromatic N) is 1. The van der Waals surface area contributed by atoms with Gasteiger partial charge >= 0.3 is 5.97 Å². The van der Waals surface area contributed by atoms with E-state index in [-0.39, 0.29) is 12.2 Å². The molecule has 0 aliphatic carbocycles. The summed E-state index contributed by atoms with van der Waals surface area (Å²) in [5.41, 5.74) is 0.403. The highest BCUT2D eigenvalue weighted by Crippen LogP contribution is 2.36. The van der Waals surface area contributed by atoms with Crippen LogP contribution in [-0.4, -0.2) is 35.5 Å². The van der Waals surface area contributed by atoms with E-state index in [9.17, 15) is 19.1 Å². The van der Waals surface area contributed by atoms with E-state index in [0.717, 1.165) is 0 Å². The molecule has 0 aromatic heterocycles. The van der Waals surface area contributed by atoms with Crippen LogP contribution in [0.1, 0.15) is 18.5 Å². The molecular weight excluding hydrogens is 265 g/mol. The van der Waals surface area contributed by atoms with Crippen molar-refractivity contribution in [3.8, 4) is 0 Å². The summed E-state index contributed by atoms with van der Waals surface area (Å²) in [6.07, 6.45) is 0. The third-order valence-corrected chi connectivity index (χ3v) is 3.12. The minimum atomic E-state index is -0.776. The molecule has 1 aromatic carbocycles. The molecule has 2 rings (SSSR count). The van der Waals surface area contributed by atoms with Gasteiger partial charge in [-0.3, -0.25) is 4.79 Å². The predicted molar refractivity (Wildman–Crippen MR) is 68.2 cm³/mol. The van der Waals surface area contributed by atoms with E-state index in [1.807, 2.05) is 0 Å². The first-order valence-corrected chi connectivity index (χ1v) is 6.10. The maximum Gasteiger partial charge on any atom is 0.340 e.